The summed E-state index contributed by atoms with van der Waals surface area (Å²) in [4.78, 5) is 22.7. The molecule has 222 valence electrons. The molecule has 0 spiro atoms. The van der Waals surface area contributed by atoms with Gasteiger partial charge in [-0.2, -0.15) is 0 Å². The first-order valence-corrected chi connectivity index (χ1v) is 15.7. The molecule has 1 saturated carbocycles. The molecule has 16 heteroatoms. The van der Waals surface area contributed by atoms with Crippen LogP contribution in [0.3, 0.4) is 0 Å². The van der Waals surface area contributed by atoms with Gasteiger partial charge in [-0.25, -0.2) is 31.7 Å². The Morgan fingerprint density at radius 1 is 1.24 bits per heavy atom. The molecular formula is C25H31ClF2N8O3S2. The van der Waals surface area contributed by atoms with Crippen molar-refractivity contribution in [1.29, 1.82) is 0 Å². The van der Waals surface area contributed by atoms with Crippen LogP contribution in [0.15, 0.2) is 23.2 Å². The topological polar surface area (TPSA) is 116 Å². The standard InChI is InChI=1S/C25H31ClF2N8O3S2/c1-25(7-8-25)32-41(38,39)16-13-17(15-5-9-35(10-6-15)24(37)34(4)12-11-33(2)3)18-19(26)29-21(36(18)14-16)23-31-30-22(40-23)20(27)28/h5,13-14,20,32H,6-12H2,1-4H3. The van der Waals surface area contributed by atoms with E-state index in [1.165, 1.54) is 10.6 Å². The van der Waals surface area contributed by atoms with Crippen molar-refractivity contribution in [3.63, 3.8) is 0 Å². The van der Waals surface area contributed by atoms with Crippen molar-refractivity contribution in [2.75, 3.05) is 47.3 Å². The summed E-state index contributed by atoms with van der Waals surface area (Å²) >= 11 is 7.26. The van der Waals surface area contributed by atoms with E-state index in [1.807, 2.05) is 32.0 Å². The molecule has 4 heterocycles. The summed E-state index contributed by atoms with van der Waals surface area (Å²) in [6.07, 6.45) is 2.35. The van der Waals surface area contributed by atoms with Crippen LogP contribution >= 0.6 is 22.9 Å². The molecule has 1 aliphatic heterocycles. The summed E-state index contributed by atoms with van der Waals surface area (Å²) in [5.41, 5.74) is 1.23. The van der Waals surface area contributed by atoms with Crippen LogP contribution in [0.4, 0.5) is 13.6 Å². The first-order valence-electron chi connectivity index (χ1n) is 13.0. The van der Waals surface area contributed by atoms with E-state index in [0.717, 1.165) is 25.0 Å². The fraction of sp³-hybridized carbons (Fsp3) is 0.520. The molecule has 41 heavy (non-hydrogen) atoms. The van der Waals surface area contributed by atoms with Crippen LogP contribution < -0.4 is 4.72 Å². The van der Waals surface area contributed by atoms with Gasteiger partial charge in [0, 0.05) is 50.5 Å². The number of likely N-dealkylation sites (N-methyl/N-ethyl adjacent to an activating group) is 2. The Hall–Kier alpha value is -2.72. The van der Waals surface area contributed by atoms with Gasteiger partial charge in [-0.3, -0.25) is 4.40 Å². The second-order valence-corrected chi connectivity index (χ2v) is 13.9. The normalized spacial score (nSPS) is 17.0. The Morgan fingerprint density at radius 3 is 2.56 bits per heavy atom. The van der Waals surface area contributed by atoms with Crippen molar-refractivity contribution < 1.29 is 22.0 Å². The van der Waals surface area contributed by atoms with Crippen LogP contribution in [0.1, 0.15) is 43.2 Å². The van der Waals surface area contributed by atoms with Crippen molar-refractivity contribution in [1.82, 2.24) is 39.0 Å². The molecule has 1 fully saturated rings. The molecule has 2 amide bonds. The zero-order valence-corrected chi connectivity index (χ0v) is 25.5. The SMILES string of the molecule is CN(C)CCN(C)C(=O)N1CC=C(c2cc(S(=O)(=O)NC3(C)CC3)cn3c(-c4nnc(C(F)F)s4)nc(Cl)c23)CC1. The fourth-order valence-corrected chi connectivity index (χ4v) is 7.00. The number of halogens is 3. The van der Waals surface area contributed by atoms with Crippen molar-refractivity contribution in [2.45, 2.75) is 43.0 Å². The molecule has 0 aromatic carbocycles. The highest BCUT2D eigenvalue weighted by Crippen LogP contribution is 2.39. The number of pyridine rings is 1. The third kappa shape index (κ3) is 6.23. The third-order valence-electron chi connectivity index (χ3n) is 7.21. The minimum atomic E-state index is -3.95. The van der Waals surface area contributed by atoms with Gasteiger partial charge in [-0.15, -0.1) is 10.2 Å². The van der Waals surface area contributed by atoms with Gasteiger partial charge in [0.15, 0.2) is 21.0 Å². The molecular weight excluding hydrogens is 598 g/mol. The van der Waals surface area contributed by atoms with Crippen LogP contribution in [0.5, 0.6) is 0 Å². The molecule has 3 aromatic heterocycles. The fourth-order valence-electron chi connectivity index (χ4n) is 4.55. The van der Waals surface area contributed by atoms with Crippen LogP contribution in [0.2, 0.25) is 5.15 Å². The first-order chi connectivity index (χ1) is 19.3. The number of aromatic nitrogens is 4. The average molecular weight is 629 g/mol. The van der Waals surface area contributed by atoms with Crippen LogP contribution in [-0.4, -0.2) is 102 Å². The second kappa shape index (κ2) is 11.2. The summed E-state index contributed by atoms with van der Waals surface area (Å²) in [6, 6.07) is 1.46. The van der Waals surface area contributed by atoms with E-state index in [4.69, 9.17) is 11.6 Å². The second-order valence-electron chi connectivity index (χ2n) is 10.9. The van der Waals surface area contributed by atoms with Crippen molar-refractivity contribution in [3.8, 4) is 10.8 Å². The number of nitrogens with zero attached hydrogens (tertiary/aromatic N) is 7. The lowest BCUT2D eigenvalue weighted by Gasteiger charge is -2.31. The smallest absolute Gasteiger partial charge is 0.320 e. The highest BCUT2D eigenvalue weighted by Gasteiger charge is 2.41. The lowest BCUT2D eigenvalue weighted by atomic mass is 9.99. The molecule has 0 atom stereocenters. The molecule has 11 nitrogen and oxygen atoms in total. The number of rotatable bonds is 9. The zero-order valence-electron chi connectivity index (χ0n) is 23.1. The Morgan fingerprint density at radius 2 is 1.98 bits per heavy atom. The van der Waals surface area contributed by atoms with E-state index in [2.05, 4.69) is 19.9 Å². The molecule has 0 saturated heterocycles. The molecule has 1 aliphatic carbocycles. The maximum atomic E-state index is 13.5. The van der Waals surface area contributed by atoms with Crippen LogP contribution in [0, 0.1) is 0 Å². The number of hydrogen-bond donors (Lipinski definition) is 1. The summed E-state index contributed by atoms with van der Waals surface area (Å²) in [7, 11) is 1.70. The minimum absolute atomic E-state index is 0.0233. The minimum Gasteiger partial charge on any atom is -0.326 e. The zero-order chi connectivity index (χ0) is 29.7. The van der Waals surface area contributed by atoms with E-state index in [-0.39, 0.29) is 26.9 Å². The molecule has 0 unspecified atom stereocenters. The largest absolute Gasteiger partial charge is 0.326 e. The molecule has 0 radical (unpaired) electrons. The van der Waals surface area contributed by atoms with Crippen LogP contribution in [-0.2, 0) is 10.0 Å². The van der Waals surface area contributed by atoms with Gasteiger partial charge in [0.25, 0.3) is 6.43 Å². The maximum Gasteiger partial charge on any atom is 0.320 e. The monoisotopic (exact) mass is 628 g/mol. The molecule has 0 bridgehead atoms. The number of imidazole rings is 1. The van der Waals surface area contributed by atoms with E-state index < -0.39 is 27.0 Å². The molecule has 1 N–H and O–H groups in total. The van der Waals surface area contributed by atoms with Crippen molar-refractivity contribution >= 4 is 50.1 Å². The van der Waals surface area contributed by atoms with E-state index in [0.29, 0.717) is 48.5 Å². The van der Waals surface area contributed by atoms with Gasteiger partial charge in [-0.05, 0) is 51.9 Å². The van der Waals surface area contributed by atoms with Gasteiger partial charge in [0.2, 0.25) is 10.0 Å². The van der Waals surface area contributed by atoms with E-state index in [9.17, 15) is 22.0 Å². The number of carbonyl (C=O) groups is 1. The Kier molecular flexibility index (Phi) is 8.11. The predicted octanol–water partition coefficient (Wildman–Crippen LogP) is 3.98. The Labute approximate surface area is 245 Å². The number of alkyl halides is 2. The highest BCUT2D eigenvalue weighted by molar-refractivity contribution is 7.89. The molecule has 3 aromatic rings. The predicted molar refractivity (Wildman–Crippen MR) is 153 cm³/mol. The number of amides is 2. The lowest BCUT2D eigenvalue weighted by molar-refractivity contribution is 0.150. The maximum absolute atomic E-state index is 13.5. The molecule has 5 rings (SSSR count). The summed E-state index contributed by atoms with van der Waals surface area (Å²) in [5, 5.41) is 7.08. The number of nitrogens with one attached hydrogen (secondary N) is 1. The lowest BCUT2D eigenvalue weighted by Crippen LogP contribution is -2.45. The van der Waals surface area contributed by atoms with Gasteiger partial charge in [0.1, 0.15) is 0 Å². The van der Waals surface area contributed by atoms with Gasteiger partial charge < -0.3 is 14.7 Å². The summed E-state index contributed by atoms with van der Waals surface area (Å²) < 4.78 is 57.6. The van der Waals surface area contributed by atoms with Gasteiger partial charge in [0.05, 0.1) is 10.4 Å². The third-order valence-corrected chi connectivity index (χ3v) is 10.0. The number of urea groups is 1. The summed E-state index contributed by atoms with van der Waals surface area (Å²) in [5.74, 6) is 0.112. The highest BCUT2D eigenvalue weighted by atomic mass is 35.5. The number of fused-ring (bicyclic) bond motifs is 1. The number of carbonyl (C=O) groups excluding carboxylic acids is 1. The van der Waals surface area contributed by atoms with Gasteiger partial charge >= 0.3 is 6.03 Å². The van der Waals surface area contributed by atoms with E-state index in [1.54, 1.807) is 22.9 Å². The number of hydrogen-bond acceptors (Lipinski definition) is 8. The van der Waals surface area contributed by atoms with Gasteiger partial charge in [-0.1, -0.05) is 29.0 Å². The van der Waals surface area contributed by atoms with Crippen LogP contribution in [0.25, 0.3) is 21.9 Å². The Balaban J connectivity index is 1.55. The van der Waals surface area contributed by atoms with E-state index >= 15 is 0 Å². The van der Waals surface area contributed by atoms with Crippen molar-refractivity contribution in [2.24, 2.45) is 0 Å². The average Bonchev–Trinajstić information content (AvgIpc) is 3.30. The quantitative estimate of drug-likeness (QED) is 0.381. The molecule has 2 aliphatic rings. The summed E-state index contributed by atoms with van der Waals surface area (Å²) in [6.45, 7) is 3.90. The van der Waals surface area contributed by atoms with Crippen molar-refractivity contribution in [3.05, 3.63) is 34.1 Å². The first kappa shape index (κ1) is 29.8. The Bertz CT molecular complexity index is 1620. The number of sulfonamides is 1.